The first-order chi connectivity index (χ1) is 14.3. The van der Waals surface area contributed by atoms with Crippen LogP contribution in [-0.4, -0.2) is 21.3 Å². The third-order valence-electron chi connectivity index (χ3n) is 6.35. The van der Waals surface area contributed by atoms with Crippen molar-refractivity contribution >= 4 is 17.3 Å². The highest BCUT2D eigenvalue weighted by atomic mass is 32.1. The van der Waals surface area contributed by atoms with E-state index in [1.807, 2.05) is 11.3 Å². The van der Waals surface area contributed by atoms with E-state index in [9.17, 15) is 4.79 Å². The smallest absolute Gasteiger partial charge is 0.303 e. The Labute approximate surface area is 182 Å². The fraction of sp³-hybridized carbons (Fsp3) is 0.440. The number of aromatic amines is 1. The number of aryl methyl sites for hydroxylation is 2. The Balaban J connectivity index is 1.64. The van der Waals surface area contributed by atoms with Crippen LogP contribution in [0.2, 0.25) is 0 Å². The number of carboxylic acid groups (broad SMARTS) is 1. The summed E-state index contributed by atoms with van der Waals surface area (Å²) in [6.07, 6.45) is 5.13. The zero-order chi connectivity index (χ0) is 21.5. The highest BCUT2D eigenvalue weighted by molar-refractivity contribution is 7.13. The fourth-order valence-electron chi connectivity index (χ4n) is 4.66. The van der Waals surface area contributed by atoms with Gasteiger partial charge < -0.3 is 5.11 Å². The van der Waals surface area contributed by atoms with E-state index in [1.54, 1.807) is 0 Å². The van der Waals surface area contributed by atoms with Crippen molar-refractivity contribution in [2.45, 2.75) is 66.2 Å². The van der Waals surface area contributed by atoms with Gasteiger partial charge in [0.15, 0.2) is 0 Å². The predicted molar refractivity (Wildman–Crippen MR) is 123 cm³/mol. The Bertz CT molecular complexity index is 1090. The van der Waals surface area contributed by atoms with Crippen LogP contribution < -0.4 is 0 Å². The summed E-state index contributed by atoms with van der Waals surface area (Å²) in [5.41, 5.74) is 10.0. The standard InChI is InChI=1S/C25H30N2O2S/c1-5-16-11-17(10-15(2)19(16)6-7-23(28)29)21-12-22(27-26-21)24-20-8-9-25(3,4)13-18(20)14-30-24/h10-12,14H,5-9,13H2,1-4H3,(H,26,27)(H,28,29). The first-order valence-electron chi connectivity index (χ1n) is 10.8. The lowest BCUT2D eigenvalue weighted by molar-refractivity contribution is -0.136. The van der Waals surface area contributed by atoms with Crippen molar-refractivity contribution in [2.24, 2.45) is 5.41 Å². The van der Waals surface area contributed by atoms with E-state index in [0.717, 1.165) is 47.3 Å². The van der Waals surface area contributed by atoms with Crippen LogP contribution in [0.15, 0.2) is 23.6 Å². The number of thiophene rings is 1. The largest absolute Gasteiger partial charge is 0.481 e. The van der Waals surface area contributed by atoms with Crippen molar-refractivity contribution in [1.29, 1.82) is 0 Å². The zero-order valence-corrected chi connectivity index (χ0v) is 19.1. The first kappa shape index (κ1) is 20.9. The molecule has 158 valence electrons. The van der Waals surface area contributed by atoms with Crippen molar-refractivity contribution in [3.05, 3.63) is 51.4 Å². The van der Waals surface area contributed by atoms with Gasteiger partial charge in [0.25, 0.3) is 0 Å². The molecular weight excluding hydrogens is 392 g/mol. The van der Waals surface area contributed by atoms with Gasteiger partial charge in [0.05, 0.1) is 16.3 Å². The third kappa shape index (κ3) is 4.08. The summed E-state index contributed by atoms with van der Waals surface area (Å²) >= 11 is 1.82. The van der Waals surface area contributed by atoms with E-state index in [-0.39, 0.29) is 6.42 Å². The van der Waals surface area contributed by atoms with Crippen LogP contribution in [0.5, 0.6) is 0 Å². The van der Waals surface area contributed by atoms with Gasteiger partial charge in [0, 0.05) is 12.0 Å². The number of hydrogen-bond acceptors (Lipinski definition) is 3. The molecule has 1 aliphatic rings. The monoisotopic (exact) mass is 422 g/mol. The van der Waals surface area contributed by atoms with Crippen molar-refractivity contribution in [3.63, 3.8) is 0 Å². The van der Waals surface area contributed by atoms with Crippen LogP contribution >= 0.6 is 11.3 Å². The van der Waals surface area contributed by atoms with E-state index >= 15 is 0 Å². The molecule has 30 heavy (non-hydrogen) atoms. The molecule has 2 heterocycles. The summed E-state index contributed by atoms with van der Waals surface area (Å²) in [4.78, 5) is 12.3. The number of fused-ring (bicyclic) bond motifs is 1. The molecule has 0 spiro atoms. The molecule has 5 heteroatoms. The summed E-state index contributed by atoms with van der Waals surface area (Å²) in [6, 6.07) is 6.48. The number of carboxylic acids is 1. The lowest BCUT2D eigenvalue weighted by Crippen LogP contribution is -2.21. The van der Waals surface area contributed by atoms with Gasteiger partial charge in [-0.3, -0.25) is 9.89 Å². The van der Waals surface area contributed by atoms with E-state index in [1.165, 1.54) is 28.0 Å². The Morgan fingerprint density at radius 1 is 1.30 bits per heavy atom. The molecule has 2 N–H and O–H groups in total. The lowest BCUT2D eigenvalue weighted by Gasteiger charge is -2.29. The molecule has 0 atom stereocenters. The Morgan fingerprint density at radius 3 is 2.83 bits per heavy atom. The maximum atomic E-state index is 11.0. The molecule has 0 unspecified atom stereocenters. The van der Waals surface area contributed by atoms with Gasteiger partial charge in [0.2, 0.25) is 0 Å². The van der Waals surface area contributed by atoms with Gasteiger partial charge in [-0.15, -0.1) is 11.3 Å². The first-order valence-corrected chi connectivity index (χ1v) is 11.6. The number of rotatable bonds is 6. The average Bonchev–Trinajstić information content (AvgIpc) is 3.31. The summed E-state index contributed by atoms with van der Waals surface area (Å²) in [5, 5.41) is 19.3. The Morgan fingerprint density at radius 2 is 2.10 bits per heavy atom. The normalized spacial score (nSPS) is 15.2. The van der Waals surface area contributed by atoms with Crippen molar-refractivity contribution in [3.8, 4) is 21.8 Å². The second-order valence-electron chi connectivity index (χ2n) is 9.25. The average molecular weight is 423 g/mol. The molecule has 3 aromatic rings. The Kier molecular flexibility index (Phi) is 5.58. The third-order valence-corrected chi connectivity index (χ3v) is 7.46. The maximum Gasteiger partial charge on any atom is 0.303 e. The van der Waals surface area contributed by atoms with Crippen molar-refractivity contribution < 1.29 is 9.90 Å². The number of benzene rings is 1. The maximum absolute atomic E-state index is 11.0. The van der Waals surface area contributed by atoms with Gasteiger partial charge in [-0.25, -0.2) is 0 Å². The Hall–Kier alpha value is -2.40. The van der Waals surface area contributed by atoms with Gasteiger partial charge >= 0.3 is 5.97 Å². The number of nitrogens with zero attached hydrogens (tertiary/aromatic N) is 1. The lowest BCUT2D eigenvalue weighted by atomic mass is 9.75. The fourth-order valence-corrected chi connectivity index (χ4v) is 5.76. The molecule has 0 saturated carbocycles. The molecule has 0 amide bonds. The molecule has 0 bridgehead atoms. The van der Waals surface area contributed by atoms with Gasteiger partial charge in [0.1, 0.15) is 0 Å². The molecule has 0 saturated heterocycles. The molecule has 0 aliphatic heterocycles. The van der Waals surface area contributed by atoms with Crippen molar-refractivity contribution in [1.82, 2.24) is 10.2 Å². The number of carbonyl (C=O) groups is 1. The number of aliphatic carboxylic acids is 1. The molecule has 2 aromatic heterocycles. The number of H-pyrrole nitrogens is 1. The highest BCUT2D eigenvalue weighted by Gasteiger charge is 2.28. The number of aromatic nitrogens is 2. The second kappa shape index (κ2) is 8.03. The molecular formula is C25H30N2O2S. The zero-order valence-electron chi connectivity index (χ0n) is 18.3. The molecule has 1 aliphatic carbocycles. The molecule has 0 fully saturated rings. The van der Waals surface area contributed by atoms with Gasteiger partial charge in [-0.05, 0) is 95.8 Å². The second-order valence-corrected chi connectivity index (χ2v) is 10.1. The molecule has 1 aromatic carbocycles. The number of nitrogens with one attached hydrogen (secondary N) is 1. The van der Waals surface area contributed by atoms with Crippen LogP contribution in [0, 0.1) is 12.3 Å². The van der Waals surface area contributed by atoms with E-state index in [2.05, 4.69) is 61.5 Å². The van der Waals surface area contributed by atoms with Gasteiger partial charge in [-0.1, -0.05) is 20.8 Å². The van der Waals surface area contributed by atoms with E-state index < -0.39 is 5.97 Å². The van der Waals surface area contributed by atoms with Crippen LogP contribution in [0.1, 0.15) is 61.4 Å². The molecule has 4 rings (SSSR count). The topological polar surface area (TPSA) is 66.0 Å². The molecule has 4 nitrogen and oxygen atoms in total. The highest BCUT2D eigenvalue weighted by Crippen LogP contribution is 2.42. The summed E-state index contributed by atoms with van der Waals surface area (Å²) in [6.45, 7) is 8.91. The summed E-state index contributed by atoms with van der Waals surface area (Å²) in [7, 11) is 0. The van der Waals surface area contributed by atoms with E-state index in [0.29, 0.717) is 11.8 Å². The van der Waals surface area contributed by atoms with Crippen LogP contribution in [-0.2, 0) is 30.5 Å². The number of hydrogen-bond donors (Lipinski definition) is 2. The van der Waals surface area contributed by atoms with Crippen molar-refractivity contribution in [2.75, 3.05) is 0 Å². The van der Waals surface area contributed by atoms with Gasteiger partial charge in [-0.2, -0.15) is 5.10 Å². The predicted octanol–water partition coefficient (Wildman–Crippen LogP) is 6.21. The minimum atomic E-state index is -0.750. The molecule has 0 radical (unpaired) electrons. The van der Waals surface area contributed by atoms with E-state index in [4.69, 9.17) is 5.11 Å². The van der Waals surface area contributed by atoms with Crippen LogP contribution in [0.4, 0.5) is 0 Å². The summed E-state index contributed by atoms with van der Waals surface area (Å²) in [5.74, 6) is -0.750. The van der Waals surface area contributed by atoms with Crippen LogP contribution in [0.25, 0.3) is 21.8 Å². The minimum Gasteiger partial charge on any atom is -0.481 e. The van der Waals surface area contributed by atoms with Crippen LogP contribution in [0.3, 0.4) is 0 Å². The quantitative estimate of drug-likeness (QED) is 0.496. The summed E-state index contributed by atoms with van der Waals surface area (Å²) < 4.78 is 0. The SMILES string of the molecule is CCc1cc(-c2cc(-c3scc4c3CCC(C)(C)C4)[nH]n2)cc(C)c1CCC(=O)O. The minimum absolute atomic E-state index is 0.167.